The lowest BCUT2D eigenvalue weighted by Crippen LogP contribution is -2.64. The summed E-state index contributed by atoms with van der Waals surface area (Å²) in [4.78, 5) is 58.3. The van der Waals surface area contributed by atoms with Gasteiger partial charge in [0.25, 0.3) is 11.7 Å². The van der Waals surface area contributed by atoms with E-state index in [1.165, 1.54) is 19.1 Å². The van der Waals surface area contributed by atoms with E-state index in [4.69, 9.17) is 23.7 Å². The van der Waals surface area contributed by atoms with Crippen LogP contribution < -0.4 is 4.74 Å². The number of nitrogens with zero attached hydrogens (tertiary/aromatic N) is 2. The van der Waals surface area contributed by atoms with Gasteiger partial charge in [-0.05, 0) is 131 Å². The van der Waals surface area contributed by atoms with Gasteiger partial charge in [-0.1, -0.05) is 39.8 Å². The highest BCUT2D eigenvalue weighted by Gasteiger charge is 2.56. The summed E-state index contributed by atoms with van der Waals surface area (Å²) in [5.41, 5.74) is 2.48. The molecule has 14 atom stereocenters. The number of hydrogen-bond donors (Lipinski definition) is 3. The number of carbonyl (C=O) groups is 4. The minimum atomic E-state index is -2.55. The molecule has 14 nitrogen and oxygen atoms in total. The van der Waals surface area contributed by atoms with E-state index >= 15 is 0 Å². The molecule has 3 N–H and O–H groups in total. The first-order valence-corrected chi connectivity index (χ1v) is 23.9. The Hall–Kier alpha value is -3.92. The Morgan fingerprint density at radius 1 is 0.923 bits per heavy atom. The number of hydrogen-bond acceptors (Lipinski definition) is 12. The smallest absolute Gasteiger partial charge is 0.329 e. The molecule has 0 radical (unpaired) electrons. The Balaban J connectivity index is 1.28. The Morgan fingerprint density at radius 3 is 2.34 bits per heavy atom. The van der Waals surface area contributed by atoms with Gasteiger partial charge in [0, 0.05) is 63.2 Å². The molecule has 3 fully saturated rings. The number of methoxy groups -OCH3 is 2. The monoisotopic (exact) mass is 907 g/mol. The Labute approximate surface area is 384 Å². The molecule has 1 amide bonds. The van der Waals surface area contributed by atoms with E-state index in [1.54, 1.807) is 13.8 Å². The Kier molecular flexibility index (Phi) is 16.9. The number of amides is 1. The molecule has 14 unspecified atom stereocenters. The number of benzene rings is 1. The number of esters is 1. The van der Waals surface area contributed by atoms with Gasteiger partial charge >= 0.3 is 5.97 Å². The van der Waals surface area contributed by atoms with Crippen LogP contribution in [0.1, 0.15) is 112 Å². The molecule has 0 spiro atoms. The van der Waals surface area contributed by atoms with Crippen molar-refractivity contribution in [2.45, 2.75) is 167 Å². The number of piperidine rings is 1. The van der Waals surface area contributed by atoms with Crippen molar-refractivity contribution in [2.75, 3.05) is 20.8 Å². The van der Waals surface area contributed by atoms with Gasteiger partial charge < -0.3 is 48.5 Å². The quantitative estimate of drug-likeness (QED) is 0.158. The number of aliphatic hydroxyl groups excluding tert-OH is 2. The van der Waals surface area contributed by atoms with Crippen LogP contribution in [0, 0.1) is 29.6 Å². The Bertz CT molecular complexity index is 2060. The molecule has 1 aromatic heterocycles. The summed E-state index contributed by atoms with van der Waals surface area (Å²) in [7, 11) is 4.97. The van der Waals surface area contributed by atoms with E-state index in [0.29, 0.717) is 49.8 Å². The van der Waals surface area contributed by atoms with Crippen LogP contribution >= 0.6 is 0 Å². The number of aromatic nitrogens is 1. The second-order valence-corrected chi connectivity index (χ2v) is 19.6. The minimum absolute atomic E-state index is 0.00768. The van der Waals surface area contributed by atoms with Gasteiger partial charge in [-0.15, -0.1) is 0 Å². The van der Waals surface area contributed by atoms with E-state index in [9.17, 15) is 34.5 Å². The second-order valence-electron chi connectivity index (χ2n) is 19.6. The van der Waals surface area contributed by atoms with Gasteiger partial charge in [0.1, 0.15) is 35.9 Å². The molecule has 4 heterocycles. The summed E-state index contributed by atoms with van der Waals surface area (Å²) < 4.78 is 32.7. The number of aliphatic hydroxyl groups is 3. The largest absolute Gasteiger partial charge is 0.488 e. The number of fused-ring (bicyclic) bond motifs is 4. The molecule has 2 saturated heterocycles. The first-order valence-electron chi connectivity index (χ1n) is 23.9. The zero-order chi connectivity index (χ0) is 47.3. The lowest BCUT2D eigenvalue weighted by atomic mass is 9.81. The molecular weight excluding hydrogens is 833 g/mol. The standard InChI is InChI=1S/C51H74N2O12/c1-10-35-24-30(3)45(56)31(4)25-43(61-8)47-44(62-9)26-33(6)51(60,65-47)48(57)49(58)53-21-12-11-13-39(53)50(59)64-46(29(2)14-18-40(35)54)32(5)23-34-15-19-42(41(55)27-34)63-37-16-17-38-36(28-37)20-22-52(38)7/h16-17,20,22-24,28-29,31,33-35,39,41-47,55-56,60H,10-15,18-19,21,25-27H2,1-9H3. The van der Waals surface area contributed by atoms with Crippen molar-refractivity contribution in [3.8, 4) is 5.75 Å². The van der Waals surface area contributed by atoms with Gasteiger partial charge in [-0.3, -0.25) is 14.4 Å². The fourth-order valence-corrected chi connectivity index (χ4v) is 10.7. The fraction of sp³-hybridized carbons (Fsp3) is 0.686. The van der Waals surface area contributed by atoms with Crippen LogP contribution in [0.5, 0.6) is 5.75 Å². The van der Waals surface area contributed by atoms with Gasteiger partial charge in [-0.2, -0.15) is 0 Å². The average molecular weight is 907 g/mol. The number of Topliss-reactive ketones (excluding diaryl/α,β-unsaturated/α-hetero) is 2. The summed E-state index contributed by atoms with van der Waals surface area (Å²) in [5.74, 6) is -6.82. The van der Waals surface area contributed by atoms with E-state index < -0.39 is 90.0 Å². The minimum Gasteiger partial charge on any atom is -0.488 e. The summed E-state index contributed by atoms with van der Waals surface area (Å²) >= 11 is 0. The number of aryl methyl sites for hydroxylation is 1. The maximum Gasteiger partial charge on any atom is 0.329 e. The molecule has 360 valence electrons. The van der Waals surface area contributed by atoms with Gasteiger partial charge in [-0.25, -0.2) is 4.79 Å². The van der Waals surface area contributed by atoms with Crippen LogP contribution in [0.2, 0.25) is 0 Å². The number of carbonyl (C=O) groups excluding carboxylic acids is 4. The summed E-state index contributed by atoms with van der Waals surface area (Å²) in [6, 6.07) is 6.85. The molecular formula is C51H74N2O12. The van der Waals surface area contributed by atoms with Crippen LogP contribution in [-0.2, 0) is 45.2 Å². The maximum absolute atomic E-state index is 14.5. The molecule has 3 aliphatic heterocycles. The third kappa shape index (κ3) is 11.3. The molecule has 1 aliphatic carbocycles. The molecule has 65 heavy (non-hydrogen) atoms. The van der Waals surface area contributed by atoms with Crippen LogP contribution in [0.25, 0.3) is 10.9 Å². The zero-order valence-corrected chi connectivity index (χ0v) is 39.9. The Morgan fingerprint density at radius 2 is 1.65 bits per heavy atom. The number of allylic oxidation sites excluding steroid dienone is 2. The summed E-state index contributed by atoms with van der Waals surface area (Å²) in [6.45, 7) is 11.2. The molecule has 6 rings (SSSR count). The highest BCUT2D eigenvalue weighted by molar-refractivity contribution is 6.39. The van der Waals surface area contributed by atoms with Crippen LogP contribution in [0.3, 0.4) is 0 Å². The van der Waals surface area contributed by atoms with Crippen molar-refractivity contribution in [1.29, 1.82) is 0 Å². The predicted octanol–water partition coefficient (Wildman–Crippen LogP) is 6.40. The van der Waals surface area contributed by atoms with Gasteiger partial charge in [0.05, 0.1) is 24.4 Å². The molecule has 4 aliphatic rings. The average Bonchev–Trinajstić information content (AvgIpc) is 3.67. The van der Waals surface area contributed by atoms with E-state index in [-0.39, 0.29) is 49.8 Å². The lowest BCUT2D eigenvalue weighted by molar-refractivity contribution is -0.302. The topological polar surface area (TPSA) is 183 Å². The van der Waals surface area contributed by atoms with Crippen molar-refractivity contribution in [3.05, 3.63) is 53.8 Å². The predicted molar refractivity (Wildman–Crippen MR) is 245 cm³/mol. The molecule has 2 aromatic rings. The van der Waals surface area contributed by atoms with Crippen molar-refractivity contribution in [2.24, 2.45) is 36.6 Å². The zero-order valence-electron chi connectivity index (χ0n) is 39.9. The normalized spacial score (nSPS) is 36.7. The van der Waals surface area contributed by atoms with Crippen molar-refractivity contribution >= 4 is 34.3 Å². The first kappa shape index (κ1) is 50.5. The molecule has 2 bridgehead atoms. The fourth-order valence-electron chi connectivity index (χ4n) is 10.7. The molecule has 1 saturated carbocycles. The number of ketones is 2. The highest BCUT2D eigenvalue weighted by atomic mass is 16.7. The van der Waals surface area contributed by atoms with E-state index in [1.807, 2.05) is 75.8 Å². The van der Waals surface area contributed by atoms with Gasteiger partial charge in [0.2, 0.25) is 5.79 Å². The summed E-state index contributed by atoms with van der Waals surface area (Å²) in [5, 5.41) is 36.1. The highest BCUT2D eigenvalue weighted by Crippen LogP contribution is 2.39. The second kappa shape index (κ2) is 21.8. The maximum atomic E-state index is 14.5. The number of ether oxygens (including phenoxy) is 5. The lowest BCUT2D eigenvalue weighted by Gasteiger charge is -2.47. The van der Waals surface area contributed by atoms with Crippen LogP contribution in [-0.4, -0.2) is 124 Å². The number of cyclic esters (lactones) is 1. The van der Waals surface area contributed by atoms with Gasteiger partial charge in [0.15, 0.2) is 0 Å². The third-order valence-electron chi connectivity index (χ3n) is 14.9. The number of rotatable bonds is 7. The molecule has 1 aromatic carbocycles. The van der Waals surface area contributed by atoms with Crippen LogP contribution in [0.4, 0.5) is 0 Å². The molecule has 14 heteroatoms. The van der Waals surface area contributed by atoms with Crippen LogP contribution in [0.15, 0.2) is 53.8 Å². The van der Waals surface area contributed by atoms with Crippen molar-refractivity contribution in [1.82, 2.24) is 9.47 Å². The SMILES string of the molecule is CCC1C=C(C)C(O)C(C)CC(OC)C2OC(O)(C(=O)C(=O)N3CCCCC3C(=O)OC(C(C)=CC3CCC(Oc4ccc5c(ccn5C)c4)C(O)C3)C(C)CCC1=O)C(C)CC2OC. The summed E-state index contributed by atoms with van der Waals surface area (Å²) in [6.07, 6.45) is 5.38. The van der Waals surface area contributed by atoms with E-state index in [0.717, 1.165) is 22.9 Å². The first-order chi connectivity index (χ1) is 30.9. The van der Waals surface area contributed by atoms with Crippen molar-refractivity contribution < 1.29 is 58.2 Å². The van der Waals surface area contributed by atoms with Crippen molar-refractivity contribution in [3.63, 3.8) is 0 Å². The van der Waals surface area contributed by atoms with E-state index in [2.05, 4.69) is 6.08 Å². The third-order valence-corrected chi connectivity index (χ3v) is 14.9.